The first kappa shape index (κ1) is 25.6. The monoisotopic (exact) mass is 489 g/mol. The van der Waals surface area contributed by atoms with E-state index in [2.05, 4.69) is 11.8 Å². The molecule has 0 radical (unpaired) electrons. The summed E-state index contributed by atoms with van der Waals surface area (Å²) in [5.41, 5.74) is 3.62. The third kappa shape index (κ3) is 5.51. The van der Waals surface area contributed by atoms with Crippen LogP contribution < -0.4 is 0 Å². The number of allylic oxidation sites excluding steroid dienone is 1. The van der Waals surface area contributed by atoms with Crippen LogP contribution in [0.5, 0.6) is 0 Å². The number of esters is 1. The Morgan fingerprint density at radius 3 is 2.22 bits per heavy atom. The molecule has 0 aliphatic carbocycles. The highest BCUT2D eigenvalue weighted by atomic mass is 16.5. The lowest BCUT2D eigenvalue weighted by atomic mass is 9.83. The molecule has 1 saturated heterocycles. The van der Waals surface area contributed by atoms with Crippen molar-refractivity contribution in [2.45, 2.75) is 39.7 Å². The molecule has 2 aromatic carbocycles. The standard InChI is InChI=1S/C29H35N3O4/c1-4-30-15-17-31(18-16-30)28(34)24-13-11-22(12-14-24)20-32-21(3)27(29(35)36-5-2)25(19-26(32)33)23-9-7-6-8-10-23/h6-14,25H,4-5,15-20H2,1-3H3. The van der Waals surface area contributed by atoms with Gasteiger partial charge >= 0.3 is 5.97 Å². The van der Waals surface area contributed by atoms with Gasteiger partial charge in [0.05, 0.1) is 18.7 Å². The fourth-order valence-electron chi connectivity index (χ4n) is 5.03. The highest BCUT2D eigenvalue weighted by Crippen LogP contribution is 2.37. The Kier molecular flexibility index (Phi) is 8.21. The van der Waals surface area contributed by atoms with Crippen molar-refractivity contribution in [3.8, 4) is 0 Å². The van der Waals surface area contributed by atoms with Crippen molar-refractivity contribution in [1.29, 1.82) is 0 Å². The zero-order valence-electron chi connectivity index (χ0n) is 21.4. The van der Waals surface area contributed by atoms with Crippen LogP contribution in [-0.2, 0) is 20.9 Å². The highest BCUT2D eigenvalue weighted by Gasteiger charge is 2.36. The molecule has 7 nitrogen and oxygen atoms in total. The molecule has 0 N–H and O–H groups in total. The van der Waals surface area contributed by atoms with Crippen LogP contribution >= 0.6 is 0 Å². The summed E-state index contributed by atoms with van der Waals surface area (Å²) < 4.78 is 5.37. The minimum Gasteiger partial charge on any atom is -0.463 e. The maximum Gasteiger partial charge on any atom is 0.336 e. The van der Waals surface area contributed by atoms with Gasteiger partial charge in [0.15, 0.2) is 0 Å². The molecule has 1 atom stereocenters. The van der Waals surface area contributed by atoms with E-state index in [1.807, 2.05) is 66.4 Å². The van der Waals surface area contributed by atoms with Gasteiger partial charge in [0.2, 0.25) is 5.91 Å². The number of hydrogen-bond donors (Lipinski definition) is 0. The summed E-state index contributed by atoms with van der Waals surface area (Å²) in [6.45, 7) is 10.6. The molecular weight excluding hydrogens is 454 g/mol. The summed E-state index contributed by atoms with van der Waals surface area (Å²) in [7, 11) is 0. The quantitative estimate of drug-likeness (QED) is 0.553. The van der Waals surface area contributed by atoms with Gasteiger partial charge in [-0.25, -0.2) is 4.79 Å². The van der Waals surface area contributed by atoms with Gasteiger partial charge in [-0.2, -0.15) is 0 Å². The molecule has 1 fully saturated rings. The fraction of sp³-hybridized carbons (Fsp3) is 0.414. The third-order valence-corrected chi connectivity index (χ3v) is 7.17. The largest absolute Gasteiger partial charge is 0.463 e. The predicted octanol–water partition coefficient (Wildman–Crippen LogP) is 3.82. The van der Waals surface area contributed by atoms with Gasteiger partial charge in [-0.1, -0.05) is 49.4 Å². The lowest BCUT2D eigenvalue weighted by Crippen LogP contribution is -2.48. The molecule has 4 rings (SSSR count). The molecule has 0 spiro atoms. The molecule has 2 heterocycles. The summed E-state index contributed by atoms with van der Waals surface area (Å²) in [5.74, 6) is -0.714. The topological polar surface area (TPSA) is 70.2 Å². The molecular formula is C29H35N3O4. The van der Waals surface area contributed by atoms with E-state index >= 15 is 0 Å². The van der Waals surface area contributed by atoms with Crippen molar-refractivity contribution in [3.05, 3.63) is 82.6 Å². The van der Waals surface area contributed by atoms with Crippen molar-refractivity contribution in [2.75, 3.05) is 39.3 Å². The SMILES string of the molecule is CCOC(=O)C1=C(C)N(Cc2ccc(C(=O)N3CCN(CC)CC3)cc2)C(=O)CC1c1ccccc1. The maximum atomic E-state index is 13.2. The second-order valence-corrected chi connectivity index (χ2v) is 9.29. The van der Waals surface area contributed by atoms with Crippen molar-refractivity contribution in [2.24, 2.45) is 0 Å². The van der Waals surface area contributed by atoms with Crippen LogP contribution in [0, 0.1) is 0 Å². The molecule has 2 amide bonds. The first-order chi connectivity index (χ1) is 17.4. The first-order valence-corrected chi connectivity index (χ1v) is 12.8. The van der Waals surface area contributed by atoms with Gasteiger partial charge in [-0.05, 0) is 43.7 Å². The summed E-state index contributed by atoms with van der Waals surface area (Å²) in [6.07, 6.45) is 0.204. The number of hydrogen-bond acceptors (Lipinski definition) is 5. The summed E-state index contributed by atoms with van der Waals surface area (Å²) in [6, 6.07) is 17.1. The Bertz CT molecular complexity index is 1120. The number of piperazine rings is 1. The van der Waals surface area contributed by atoms with E-state index in [1.54, 1.807) is 11.8 Å². The minimum atomic E-state index is -0.384. The molecule has 0 aromatic heterocycles. The molecule has 36 heavy (non-hydrogen) atoms. The molecule has 7 heteroatoms. The molecule has 1 unspecified atom stereocenters. The van der Waals surface area contributed by atoms with Crippen LogP contribution in [0.4, 0.5) is 0 Å². The fourth-order valence-corrected chi connectivity index (χ4v) is 5.03. The average Bonchev–Trinajstić information content (AvgIpc) is 2.91. The van der Waals surface area contributed by atoms with E-state index in [1.165, 1.54) is 0 Å². The smallest absolute Gasteiger partial charge is 0.336 e. The summed E-state index contributed by atoms with van der Waals surface area (Å²) in [5, 5.41) is 0. The Hall–Kier alpha value is -3.45. The second kappa shape index (κ2) is 11.5. The molecule has 2 aliphatic rings. The normalized spacial score (nSPS) is 19.0. The zero-order chi connectivity index (χ0) is 25.7. The summed E-state index contributed by atoms with van der Waals surface area (Å²) >= 11 is 0. The van der Waals surface area contributed by atoms with Crippen LogP contribution in [-0.4, -0.2) is 71.8 Å². The highest BCUT2D eigenvalue weighted by molar-refractivity contribution is 5.96. The third-order valence-electron chi connectivity index (χ3n) is 7.17. The second-order valence-electron chi connectivity index (χ2n) is 9.29. The lowest BCUT2D eigenvalue weighted by Gasteiger charge is -2.35. The van der Waals surface area contributed by atoms with Crippen LogP contribution in [0.15, 0.2) is 65.9 Å². The maximum absolute atomic E-state index is 13.2. The number of carbonyl (C=O) groups excluding carboxylic acids is 3. The van der Waals surface area contributed by atoms with Crippen molar-refractivity contribution >= 4 is 17.8 Å². The van der Waals surface area contributed by atoms with E-state index in [0.29, 0.717) is 23.4 Å². The van der Waals surface area contributed by atoms with Gasteiger partial charge in [0, 0.05) is 49.8 Å². The van der Waals surface area contributed by atoms with Crippen molar-refractivity contribution in [3.63, 3.8) is 0 Å². The average molecular weight is 490 g/mol. The van der Waals surface area contributed by atoms with E-state index in [9.17, 15) is 14.4 Å². The van der Waals surface area contributed by atoms with Gasteiger partial charge in [-0.3, -0.25) is 9.59 Å². The van der Waals surface area contributed by atoms with E-state index in [-0.39, 0.29) is 36.7 Å². The van der Waals surface area contributed by atoms with Gasteiger partial charge in [0.1, 0.15) is 0 Å². The van der Waals surface area contributed by atoms with Crippen LogP contribution in [0.3, 0.4) is 0 Å². The van der Waals surface area contributed by atoms with E-state index in [0.717, 1.165) is 43.9 Å². The number of ether oxygens (including phenoxy) is 1. The Balaban J connectivity index is 1.52. The molecule has 2 aromatic rings. The molecule has 2 aliphatic heterocycles. The number of amides is 2. The number of likely N-dealkylation sites (N-methyl/N-ethyl adjacent to an activating group) is 1. The van der Waals surface area contributed by atoms with Gasteiger partial charge < -0.3 is 19.4 Å². The van der Waals surface area contributed by atoms with E-state index in [4.69, 9.17) is 4.74 Å². The van der Waals surface area contributed by atoms with Crippen molar-refractivity contribution in [1.82, 2.24) is 14.7 Å². The van der Waals surface area contributed by atoms with E-state index < -0.39 is 0 Å². The van der Waals surface area contributed by atoms with Gasteiger partial charge in [0.25, 0.3) is 5.91 Å². The number of nitrogens with zero attached hydrogens (tertiary/aromatic N) is 3. The molecule has 0 bridgehead atoms. The number of carbonyl (C=O) groups is 3. The molecule has 190 valence electrons. The Labute approximate surface area is 213 Å². The number of rotatable bonds is 7. The van der Waals surface area contributed by atoms with Crippen molar-refractivity contribution < 1.29 is 19.1 Å². The first-order valence-electron chi connectivity index (χ1n) is 12.8. The number of benzene rings is 2. The van der Waals surface area contributed by atoms with Gasteiger partial charge in [-0.15, -0.1) is 0 Å². The van der Waals surface area contributed by atoms with Crippen LogP contribution in [0.25, 0.3) is 0 Å². The van der Waals surface area contributed by atoms with Crippen LogP contribution in [0.2, 0.25) is 0 Å². The Morgan fingerprint density at radius 1 is 0.944 bits per heavy atom. The Morgan fingerprint density at radius 2 is 1.61 bits per heavy atom. The minimum absolute atomic E-state index is 0.0386. The lowest BCUT2D eigenvalue weighted by molar-refractivity contribution is -0.140. The molecule has 0 saturated carbocycles. The predicted molar refractivity (Wildman–Crippen MR) is 138 cm³/mol. The van der Waals surface area contributed by atoms with Crippen LogP contribution in [0.1, 0.15) is 54.6 Å². The summed E-state index contributed by atoms with van der Waals surface area (Å²) in [4.78, 5) is 45.0. The zero-order valence-corrected chi connectivity index (χ0v) is 21.4.